The Labute approximate surface area is 141 Å². The van der Waals surface area contributed by atoms with E-state index in [4.69, 9.17) is 0 Å². The molecule has 23 heavy (non-hydrogen) atoms. The fourth-order valence-electron chi connectivity index (χ4n) is 1.92. The number of nitrogens with one attached hydrogen (secondary N) is 1. The van der Waals surface area contributed by atoms with Gasteiger partial charge in [-0.3, -0.25) is 0 Å². The fourth-order valence-corrected chi connectivity index (χ4v) is 5.50. The van der Waals surface area contributed by atoms with Gasteiger partial charge < -0.3 is 0 Å². The van der Waals surface area contributed by atoms with Gasteiger partial charge in [0.1, 0.15) is 4.90 Å². The lowest BCUT2D eigenvalue weighted by Crippen LogP contribution is -2.27. The summed E-state index contributed by atoms with van der Waals surface area (Å²) in [5, 5.41) is 0. The van der Waals surface area contributed by atoms with Crippen molar-refractivity contribution < 1.29 is 16.8 Å². The summed E-state index contributed by atoms with van der Waals surface area (Å²) in [5.41, 5.74) is 0. The number of thioether (sulfide) groups is 1. The molecule has 2 aromatic rings. The molecule has 0 aliphatic heterocycles. The lowest BCUT2D eigenvalue weighted by atomic mass is 10.4. The summed E-state index contributed by atoms with van der Waals surface area (Å²) in [6, 6.07) is 15.2. The molecule has 0 bridgehead atoms. The van der Waals surface area contributed by atoms with Crippen molar-refractivity contribution in [3.8, 4) is 0 Å². The average Bonchev–Trinajstić information content (AvgIpc) is 2.52. The first-order valence-electron chi connectivity index (χ1n) is 6.77. The van der Waals surface area contributed by atoms with Crippen molar-refractivity contribution in [3.63, 3.8) is 0 Å². The number of sulfone groups is 1. The van der Waals surface area contributed by atoms with Crippen LogP contribution in [0.25, 0.3) is 0 Å². The van der Waals surface area contributed by atoms with Gasteiger partial charge in [-0.2, -0.15) is 0 Å². The fraction of sp³-hybridized carbons (Fsp3) is 0.200. The second kappa shape index (κ2) is 7.48. The maximum atomic E-state index is 12.3. The van der Waals surface area contributed by atoms with Crippen LogP contribution in [-0.4, -0.2) is 35.4 Å². The van der Waals surface area contributed by atoms with Crippen LogP contribution in [0, 0.1) is 0 Å². The van der Waals surface area contributed by atoms with Crippen molar-refractivity contribution in [1.82, 2.24) is 4.72 Å². The molecule has 5 nitrogen and oxygen atoms in total. The summed E-state index contributed by atoms with van der Waals surface area (Å²) >= 11 is 1.52. The van der Waals surface area contributed by atoms with Crippen LogP contribution >= 0.6 is 11.8 Å². The van der Waals surface area contributed by atoms with E-state index >= 15 is 0 Å². The minimum absolute atomic E-state index is 0.191. The molecule has 0 amide bonds. The van der Waals surface area contributed by atoms with E-state index < -0.39 is 19.9 Å². The van der Waals surface area contributed by atoms with Crippen LogP contribution in [0.2, 0.25) is 0 Å². The molecule has 0 spiro atoms. The van der Waals surface area contributed by atoms with Crippen LogP contribution in [0.5, 0.6) is 0 Å². The molecule has 0 saturated carbocycles. The Bertz CT molecular complexity index is 863. The van der Waals surface area contributed by atoms with E-state index in [0.29, 0.717) is 5.75 Å². The maximum absolute atomic E-state index is 12.3. The lowest BCUT2D eigenvalue weighted by Gasteiger charge is -2.10. The summed E-state index contributed by atoms with van der Waals surface area (Å²) in [7, 11) is -7.49. The summed E-state index contributed by atoms with van der Waals surface area (Å²) in [4.78, 5) is 0.638. The molecule has 2 rings (SSSR count). The zero-order chi connectivity index (χ0) is 16.9. The molecule has 0 unspecified atom stereocenters. The molecule has 2 aromatic carbocycles. The SMILES string of the molecule is CS(=O)(=O)c1ccccc1S(=O)(=O)NCCSc1ccccc1. The highest BCUT2D eigenvalue weighted by atomic mass is 32.2. The number of hydrogen-bond donors (Lipinski definition) is 1. The predicted molar refractivity (Wildman–Crippen MR) is 91.9 cm³/mol. The van der Waals surface area contributed by atoms with Gasteiger partial charge >= 0.3 is 0 Å². The number of benzene rings is 2. The second-order valence-electron chi connectivity index (χ2n) is 4.78. The van der Waals surface area contributed by atoms with E-state index in [9.17, 15) is 16.8 Å². The topological polar surface area (TPSA) is 80.3 Å². The number of sulfonamides is 1. The molecule has 0 radical (unpaired) electrons. The third kappa shape index (κ3) is 5.07. The highest BCUT2D eigenvalue weighted by Crippen LogP contribution is 2.21. The van der Waals surface area contributed by atoms with E-state index in [0.717, 1.165) is 11.2 Å². The molecule has 0 aliphatic carbocycles. The van der Waals surface area contributed by atoms with E-state index in [1.807, 2.05) is 30.3 Å². The zero-order valence-corrected chi connectivity index (χ0v) is 14.9. The quantitative estimate of drug-likeness (QED) is 0.596. The Kier molecular flexibility index (Phi) is 5.85. The summed E-state index contributed by atoms with van der Waals surface area (Å²) in [5.74, 6) is 0.546. The van der Waals surface area contributed by atoms with E-state index in [2.05, 4.69) is 4.72 Å². The maximum Gasteiger partial charge on any atom is 0.241 e. The Morgan fingerprint density at radius 3 is 2.04 bits per heavy atom. The van der Waals surface area contributed by atoms with Crippen molar-refractivity contribution in [2.45, 2.75) is 14.7 Å². The van der Waals surface area contributed by atoms with Crippen molar-refractivity contribution in [1.29, 1.82) is 0 Å². The van der Waals surface area contributed by atoms with Gasteiger partial charge in [-0.1, -0.05) is 30.3 Å². The smallest absolute Gasteiger partial charge is 0.224 e. The Hall–Kier alpha value is -1.35. The molecule has 0 aromatic heterocycles. The van der Waals surface area contributed by atoms with Gasteiger partial charge in [-0.25, -0.2) is 21.6 Å². The molecule has 0 aliphatic rings. The van der Waals surface area contributed by atoms with Crippen LogP contribution in [-0.2, 0) is 19.9 Å². The standard InChI is InChI=1S/C15H17NO4S3/c1-22(17,18)14-9-5-6-10-15(14)23(19,20)16-11-12-21-13-7-3-2-4-8-13/h2-10,16H,11-12H2,1H3. The molecule has 0 fully saturated rings. The first kappa shape index (κ1) is 18.0. The third-order valence-electron chi connectivity index (χ3n) is 2.94. The minimum Gasteiger partial charge on any atom is -0.224 e. The van der Waals surface area contributed by atoms with Gasteiger partial charge in [0, 0.05) is 23.4 Å². The summed E-state index contributed by atoms with van der Waals surface area (Å²) < 4.78 is 50.5. The largest absolute Gasteiger partial charge is 0.241 e. The van der Waals surface area contributed by atoms with Crippen molar-refractivity contribution >= 4 is 31.6 Å². The minimum atomic E-state index is -3.87. The van der Waals surface area contributed by atoms with Crippen LogP contribution in [0.15, 0.2) is 69.3 Å². The monoisotopic (exact) mass is 371 g/mol. The molecule has 8 heteroatoms. The molecular weight excluding hydrogens is 354 g/mol. The Morgan fingerprint density at radius 1 is 0.870 bits per heavy atom. The number of hydrogen-bond acceptors (Lipinski definition) is 5. The Balaban J connectivity index is 2.06. The highest BCUT2D eigenvalue weighted by molar-refractivity contribution is 7.99. The van der Waals surface area contributed by atoms with Gasteiger partial charge in [0.05, 0.1) is 4.90 Å². The van der Waals surface area contributed by atoms with Gasteiger partial charge in [0.15, 0.2) is 9.84 Å². The van der Waals surface area contributed by atoms with Crippen LogP contribution in [0.3, 0.4) is 0 Å². The second-order valence-corrected chi connectivity index (χ2v) is 9.67. The first-order chi connectivity index (χ1) is 10.8. The van der Waals surface area contributed by atoms with Crippen molar-refractivity contribution in [3.05, 3.63) is 54.6 Å². The van der Waals surface area contributed by atoms with Gasteiger partial charge in [-0.05, 0) is 24.3 Å². The first-order valence-corrected chi connectivity index (χ1v) is 11.1. The van der Waals surface area contributed by atoms with Crippen LogP contribution < -0.4 is 4.72 Å². The van der Waals surface area contributed by atoms with Crippen molar-refractivity contribution in [2.24, 2.45) is 0 Å². The van der Waals surface area contributed by atoms with Gasteiger partial charge in [0.2, 0.25) is 10.0 Å². The summed E-state index contributed by atoms with van der Waals surface area (Å²) in [6.45, 7) is 0.208. The van der Waals surface area contributed by atoms with E-state index in [1.165, 1.54) is 36.0 Å². The van der Waals surface area contributed by atoms with Crippen molar-refractivity contribution in [2.75, 3.05) is 18.6 Å². The molecule has 0 saturated heterocycles. The van der Waals surface area contributed by atoms with E-state index in [1.54, 1.807) is 0 Å². The normalized spacial score (nSPS) is 12.2. The molecule has 124 valence electrons. The molecule has 0 atom stereocenters. The number of rotatable bonds is 7. The molecular formula is C15H17NO4S3. The highest BCUT2D eigenvalue weighted by Gasteiger charge is 2.22. The predicted octanol–water partition coefficient (Wildman–Crippen LogP) is 2.16. The third-order valence-corrected chi connectivity index (χ3v) is 6.76. The zero-order valence-electron chi connectivity index (χ0n) is 12.5. The lowest BCUT2D eigenvalue weighted by molar-refractivity contribution is 0.576. The van der Waals surface area contributed by atoms with Crippen LogP contribution in [0.4, 0.5) is 0 Å². The van der Waals surface area contributed by atoms with Gasteiger partial charge in [-0.15, -0.1) is 11.8 Å². The average molecular weight is 372 g/mol. The van der Waals surface area contributed by atoms with Gasteiger partial charge in [0.25, 0.3) is 0 Å². The molecule has 1 N–H and O–H groups in total. The Morgan fingerprint density at radius 2 is 1.43 bits per heavy atom. The molecule has 0 heterocycles. The summed E-state index contributed by atoms with van der Waals surface area (Å²) in [6.07, 6.45) is 0.993. The van der Waals surface area contributed by atoms with Crippen LogP contribution in [0.1, 0.15) is 0 Å². The van der Waals surface area contributed by atoms with E-state index in [-0.39, 0.29) is 16.3 Å².